The van der Waals surface area contributed by atoms with Gasteiger partial charge in [0.2, 0.25) is 0 Å². The van der Waals surface area contributed by atoms with Crippen LogP contribution in [0, 0.1) is 6.92 Å². The van der Waals surface area contributed by atoms with Crippen LogP contribution < -0.4 is 5.73 Å². The minimum atomic E-state index is -0.0592. The zero-order chi connectivity index (χ0) is 22.9. The number of benzene rings is 1. The number of likely N-dealkylation sites (tertiary alicyclic amines) is 1. The Morgan fingerprint density at radius 2 is 1.94 bits per heavy atom. The Bertz CT molecular complexity index is 1300. The van der Waals surface area contributed by atoms with Crippen LogP contribution in [0.1, 0.15) is 42.1 Å². The average molecular weight is 441 g/mol. The topological polar surface area (TPSA) is 89.4 Å². The second kappa shape index (κ2) is 8.75. The summed E-state index contributed by atoms with van der Waals surface area (Å²) in [6.07, 6.45) is 8.48. The van der Waals surface area contributed by atoms with Crippen LogP contribution in [0.4, 0.5) is 0 Å². The van der Waals surface area contributed by atoms with Crippen LogP contribution in [0.25, 0.3) is 28.2 Å². The molecule has 0 radical (unpaired) electrons. The number of aromatic nitrogens is 4. The fraction of sp³-hybridized carbons (Fsp3) is 0.308. The summed E-state index contributed by atoms with van der Waals surface area (Å²) in [5, 5.41) is 4.45. The van der Waals surface area contributed by atoms with Gasteiger partial charge >= 0.3 is 0 Å². The number of rotatable bonds is 4. The molecule has 2 N–H and O–H groups in total. The van der Waals surface area contributed by atoms with E-state index in [4.69, 9.17) is 10.7 Å². The van der Waals surface area contributed by atoms with E-state index in [1.165, 1.54) is 0 Å². The molecule has 1 amide bonds. The zero-order valence-electron chi connectivity index (χ0n) is 19.0. The molecule has 2 atom stereocenters. The summed E-state index contributed by atoms with van der Waals surface area (Å²) in [6, 6.07) is 13.9. The molecule has 7 heteroatoms. The molecule has 1 fully saturated rings. The van der Waals surface area contributed by atoms with Crippen LogP contribution >= 0.6 is 0 Å². The third-order valence-corrected chi connectivity index (χ3v) is 6.47. The lowest BCUT2D eigenvalue weighted by atomic mass is 9.95. The maximum absolute atomic E-state index is 13.6. The second-order valence-electron chi connectivity index (χ2n) is 8.81. The van der Waals surface area contributed by atoms with Crippen molar-refractivity contribution in [2.24, 2.45) is 5.73 Å². The summed E-state index contributed by atoms with van der Waals surface area (Å²) < 4.78 is 1.74. The minimum absolute atomic E-state index is 0.0209. The average Bonchev–Trinajstić information content (AvgIpc) is 3.28. The summed E-state index contributed by atoms with van der Waals surface area (Å²) in [5.41, 5.74) is 11.8. The number of fused-ring (bicyclic) bond motifs is 1. The van der Waals surface area contributed by atoms with Crippen LogP contribution in [0.15, 0.2) is 61.1 Å². The lowest BCUT2D eigenvalue weighted by Gasteiger charge is -2.38. The van der Waals surface area contributed by atoms with Crippen molar-refractivity contribution < 1.29 is 4.79 Å². The molecule has 1 aliphatic heterocycles. The largest absolute Gasteiger partial charge is 0.334 e. The van der Waals surface area contributed by atoms with Gasteiger partial charge < -0.3 is 10.6 Å². The number of hydrogen-bond acceptors (Lipinski definition) is 5. The van der Waals surface area contributed by atoms with Crippen molar-refractivity contribution in [3.63, 3.8) is 0 Å². The maximum atomic E-state index is 13.6. The Morgan fingerprint density at radius 3 is 2.73 bits per heavy atom. The van der Waals surface area contributed by atoms with Gasteiger partial charge in [-0.05, 0) is 50.8 Å². The van der Waals surface area contributed by atoms with E-state index in [9.17, 15) is 4.79 Å². The second-order valence-corrected chi connectivity index (χ2v) is 8.81. The highest BCUT2D eigenvalue weighted by Crippen LogP contribution is 2.28. The molecule has 1 saturated heterocycles. The highest BCUT2D eigenvalue weighted by atomic mass is 16.2. The molecule has 0 saturated carbocycles. The minimum Gasteiger partial charge on any atom is -0.334 e. The SMILES string of the molecule is Cc1cnc(-c2cnn3ccc(-c4ccccc4)nc23)cc1C(=O)N1CCCC[C@@H]1[C@@H](C)N. The third kappa shape index (κ3) is 4.00. The first-order chi connectivity index (χ1) is 16.0. The zero-order valence-corrected chi connectivity index (χ0v) is 19.0. The Kier molecular flexibility index (Phi) is 5.64. The Labute approximate surface area is 193 Å². The Hall–Kier alpha value is -3.58. The molecule has 0 bridgehead atoms. The van der Waals surface area contributed by atoms with Gasteiger partial charge in [-0.3, -0.25) is 9.78 Å². The lowest BCUT2D eigenvalue weighted by Crippen LogP contribution is -2.51. The predicted molar refractivity (Wildman–Crippen MR) is 129 cm³/mol. The van der Waals surface area contributed by atoms with Gasteiger partial charge in [0.05, 0.1) is 23.1 Å². The molecule has 0 aliphatic carbocycles. The van der Waals surface area contributed by atoms with Gasteiger partial charge in [0, 0.05) is 42.1 Å². The number of pyridine rings is 1. The molecule has 1 aromatic carbocycles. The van der Waals surface area contributed by atoms with Gasteiger partial charge in [-0.25, -0.2) is 9.50 Å². The number of carbonyl (C=O) groups excluding carboxylic acids is 1. The smallest absolute Gasteiger partial charge is 0.254 e. The predicted octanol–water partition coefficient (Wildman–Crippen LogP) is 4.11. The molecule has 3 aromatic heterocycles. The molecule has 168 valence electrons. The number of aryl methyl sites for hydroxylation is 1. The number of nitrogens with two attached hydrogens (primary N) is 1. The van der Waals surface area contributed by atoms with Gasteiger partial charge in [0.25, 0.3) is 5.91 Å². The normalized spacial score (nSPS) is 17.3. The van der Waals surface area contributed by atoms with Crippen molar-refractivity contribution in [1.29, 1.82) is 0 Å². The van der Waals surface area contributed by atoms with E-state index in [-0.39, 0.29) is 18.0 Å². The fourth-order valence-electron chi connectivity index (χ4n) is 4.63. The maximum Gasteiger partial charge on any atom is 0.254 e. The molecule has 1 aliphatic rings. The van der Waals surface area contributed by atoms with Crippen LogP contribution in [-0.4, -0.2) is 49.0 Å². The number of piperidine rings is 1. The van der Waals surface area contributed by atoms with Gasteiger partial charge in [-0.2, -0.15) is 5.10 Å². The Balaban J connectivity index is 1.54. The summed E-state index contributed by atoms with van der Waals surface area (Å²) in [5.74, 6) is 0.0209. The van der Waals surface area contributed by atoms with Crippen molar-refractivity contribution in [1.82, 2.24) is 24.5 Å². The standard InChI is InChI=1S/C26H28N6O/c1-17-15-28-23(14-20(17)26(33)31-12-7-6-10-24(31)18(2)27)21-16-29-32-13-11-22(30-25(21)32)19-8-4-3-5-9-19/h3-5,8-9,11,13-16,18,24H,6-7,10,12,27H2,1-2H3/t18-,24-/m1/s1. The summed E-state index contributed by atoms with van der Waals surface area (Å²) in [4.78, 5) is 25.0. The van der Waals surface area contributed by atoms with Crippen molar-refractivity contribution in [3.05, 3.63) is 72.2 Å². The first kappa shape index (κ1) is 21.3. The van der Waals surface area contributed by atoms with Crippen molar-refractivity contribution in [2.45, 2.75) is 45.2 Å². The number of carbonyl (C=O) groups is 1. The number of hydrogen-bond donors (Lipinski definition) is 1. The van der Waals surface area contributed by atoms with Gasteiger partial charge in [-0.15, -0.1) is 0 Å². The van der Waals surface area contributed by atoms with Crippen molar-refractivity contribution in [3.8, 4) is 22.5 Å². The first-order valence-electron chi connectivity index (χ1n) is 11.5. The summed E-state index contributed by atoms with van der Waals surface area (Å²) in [7, 11) is 0. The molecule has 0 unspecified atom stereocenters. The lowest BCUT2D eigenvalue weighted by molar-refractivity contribution is 0.0583. The van der Waals surface area contributed by atoms with E-state index >= 15 is 0 Å². The van der Waals surface area contributed by atoms with Gasteiger partial charge in [0.15, 0.2) is 5.65 Å². The quantitative estimate of drug-likeness (QED) is 0.516. The number of nitrogens with zero attached hydrogens (tertiary/aromatic N) is 5. The van der Waals surface area contributed by atoms with Crippen LogP contribution in [0.5, 0.6) is 0 Å². The molecule has 4 heterocycles. The molecule has 4 aromatic rings. The van der Waals surface area contributed by atoms with E-state index in [1.807, 2.05) is 67.4 Å². The van der Waals surface area contributed by atoms with Crippen molar-refractivity contribution in [2.75, 3.05) is 6.54 Å². The summed E-state index contributed by atoms with van der Waals surface area (Å²) in [6.45, 7) is 4.65. The van der Waals surface area contributed by atoms with E-state index in [0.717, 1.165) is 48.2 Å². The van der Waals surface area contributed by atoms with E-state index in [2.05, 4.69) is 10.1 Å². The number of amides is 1. The van der Waals surface area contributed by atoms with E-state index in [1.54, 1.807) is 16.9 Å². The van der Waals surface area contributed by atoms with E-state index in [0.29, 0.717) is 16.9 Å². The molecule has 5 rings (SSSR count). The van der Waals surface area contributed by atoms with Gasteiger partial charge in [0.1, 0.15) is 0 Å². The monoisotopic (exact) mass is 440 g/mol. The first-order valence-corrected chi connectivity index (χ1v) is 11.5. The molecular formula is C26H28N6O. The highest BCUT2D eigenvalue weighted by Gasteiger charge is 2.31. The third-order valence-electron chi connectivity index (χ3n) is 6.47. The van der Waals surface area contributed by atoms with Crippen molar-refractivity contribution >= 4 is 11.6 Å². The highest BCUT2D eigenvalue weighted by molar-refractivity contribution is 5.97. The fourth-order valence-corrected chi connectivity index (χ4v) is 4.63. The van der Waals surface area contributed by atoms with Crippen LogP contribution in [0.2, 0.25) is 0 Å². The molecule has 7 nitrogen and oxygen atoms in total. The molecule has 0 spiro atoms. The molecule has 33 heavy (non-hydrogen) atoms. The van der Waals surface area contributed by atoms with E-state index < -0.39 is 0 Å². The Morgan fingerprint density at radius 1 is 1.12 bits per heavy atom. The van der Waals surface area contributed by atoms with Crippen LogP contribution in [-0.2, 0) is 0 Å². The molecular weight excluding hydrogens is 412 g/mol. The van der Waals surface area contributed by atoms with Crippen LogP contribution in [0.3, 0.4) is 0 Å². The van der Waals surface area contributed by atoms with Gasteiger partial charge in [-0.1, -0.05) is 30.3 Å². The summed E-state index contributed by atoms with van der Waals surface area (Å²) >= 11 is 0.